The van der Waals surface area contributed by atoms with Crippen LogP contribution in [-0.4, -0.2) is 24.3 Å². The SMILES string of the molecule is CCCCC(CC)P(c1ccccc1S(=O)(=O)O)C1CCCCC1. The summed E-state index contributed by atoms with van der Waals surface area (Å²) in [6.45, 7) is 4.44. The number of hydrogen-bond acceptors (Lipinski definition) is 2. The molecule has 2 atom stereocenters. The van der Waals surface area contributed by atoms with Gasteiger partial charge in [-0.2, -0.15) is 8.42 Å². The summed E-state index contributed by atoms with van der Waals surface area (Å²) in [5, 5.41) is 0.907. The Kier molecular flexibility index (Phi) is 7.71. The molecular weight excluding hydrogens is 339 g/mol. The van der Waals surface area contributed by atoms with E-state index in [0.717, 1.165) is 18.1 Å². The molecule has 2 rings (SSSR count). The molecule has 1 saturated carbocycles. The molecule has 1 aliphatic rings. The average molecular weight is 370 g/mol. The van der Waals surface area contributed by atoms with Crippen LogP contribution < -0.4 is 5.30 Å². The zero-order valence-corrected chi connectivity index (χ0v) is 16.7. The van der Waals surface area contributed by atoms with Crippen LogP contribution in [0.25, 0.3) is 0 Å². The highest BCUT2D eigenvalue weighted by Crippen LogP contribution is 2.54. The smallest absolute Gasteiger partial charge is 0.282 e. The second-order valence-electron chi connectivity index (χ2n) is 6.85. The Morgan fingerprint density at radius 3 is 2.42 bits per heavy atom. The third-order valence-electron chi connectivity index (χ3n) is 5.14. The fourth-order valence-electron chi connectivity index (χ4n) is 3.92. The summed E-state index contributed by atoms with van der Waals surface area (Å²) in [6.07, 6.45) is 10.8. The molecule has 136 valence electrons. The van der Waals surface area contributed by atoms with E-state index in [9.17, 15) is 13.0 Å². The van der Waals surface area contributed by atoms with E-state index in [1.807, 2.05) is 12.1 Å². The zero-order chi connectivity index (χ0) is 17.6. The summed E-state index contributed by atoms with van der Waals surface area (Å²) in [5.41, 5.74) is 1.14. The highest BCUT2D eigenvalue weighted by atomic mass is 32.2. The molecule has 0 aliphatic heterocycles. The zero-order valence-electron chi connectivity index (χ0n) is 14.9. The lowest BCUT2D eigenvalue weighted by Crippen LogP contribution is -2.27. The van der Waals surface area contributed by atoms with E-state index in [0.29, 0.717) is 11.3 Å². The van der Waals surface area contributed by atoms with E-state index >= 15 is 0 Å². The van der Waals surface area contributed by atoms with Crippen molar-refractivity contribution in [2.45, 2.75) is 87.8 Å². The molecule has 1 N–H and O–H groups in total. The minimum atomic E-state index is -4.16. The molecule has 1 aliphatic carbocycles. The number of benzene rings is 1. The Hall–Kier alpha value is -0.440. The van der Waals surface area contributed by atoms with Crippen LogP contribution >= 0.6 is 7.92 Å². The quantitative estimate of drug-likeness (QED) is 0.496. The van der Waals surface area contributed by atoms with E-state index in [4.69, 9.17) is 0 Å². The summed E-state index contributed by atoms with van der Waals surface area (Å²) >= 11 is 0. The Morgan fingerprint density at radius 2 is 1.83 bits per heavy atom. The van der Waals surface area contributed by atoms with Crippen molar-refractivity contribution in [1.29, 1.82) is 0 Å². The van der Waals surface area contributed by atoms with Crippen LogP contribution in [0.3, 0.4) is 0 Å². The van der Waals surface area contributed by atoms with Gasteiger partial charge in [-0.3, -0.25) is 4.55 Å². The van der Waals surface area contributed by atoms with Crippen molar-refractivity contribution in [3.05, 3.63) is 24.3 Å². The Labute approximate surface area is 148 Å². The lowest BCUT2D eigenvalue weighted by atomic mass is 10.0. The van der Waals surface area contributed by atoms with Crippen LogP contribution in [0.1, 0.15) is 71.6 Å². The summed E-state index contributed by atoms with van der Waals surface area (Å²) < 4.78 is 33.6. The van der Waals surface area contributed by atoms with E-state index in [1.54, 1.807) is 12.1 Å². The second-order valence-corrected chi connectivity index (χ2v) is 11.0. The molecule has 0 radical (unpaired) electrons. The molecule has 5 heteroatoms. The topological polar surface area (TPSA) is 54.4 Å². The van der Waals surface area contributed by atoms with E-state index in [1.165, 1.54) is 44.9 Å². The maximum Gasteiger partial charge on any atom is 0.295 e. The van der Waals surface area contributed by atoms with Crippen molar-refractivity contribution >= 4 is 23.3 Å². The monoisotopic (exact) mass is 370 g/mol. The van der Waals surface area contributed by atoms with Gasteiger partial charge in [0.2, 0.25) is 0 Å². The van der Waals surface area contributed by atoms with Gasteiger partial charge in [0, 0.05) is 0 Å². The Balaban J connectivity index is 2.45. The van der Waals surface area contributed by atoms with E-state index in [2.05, 4.69) is 13.8 Å². The van der Waals surface area contributed by atoms with Crippen molar-refractivity contribution in [2.24, 2.45) is 0 Å². The standard InChI is InChI=1S/C19H31O3PS/c1-3-5-11-16(4-2)23(17-12-7-6-8-13-17)18-14-9-10-15-19(18)24(20,21)22/h9-10,14-17H,3-8,11-13H2,1-2H3,(H,20,21,22). The van der Waals surface area contributed by atoms with Gasteiger partial charge >= 0.3 is 0 Å². The molecule has 1 fully saturated rings. The first-order chi connectivity index (χ1) is 11.5. The van der Waals surface area contributed by atoms with Gasteiger partial charge in [0.05, 0.1) is 0 Å². The lowest BCUT2D eigenvalue weighted by Gasteiger charge is -2.37. The van der Waals surface area contributed by atoms with Crippen LogP contribution in [0, 0.1) is 0 Å². The van der Waals surface area contributed by atoms with Gasteiger partial charge < -0.3 is 0 Å². The average Bonchev–Trinajstić information content (AvgIpc) is 2.58. The molecule has 0 saturated heterocycles. The van der Waals surface area contributed by atoms with Gasteiger partial charge in [0.25, 0.3) is 10.1 Å². The van der Waals surface area contributed by atoms with Gasteiger partial charge in [-0.25, -0.2) is 0 Å². The molecule has 0 amide bonds. The molecule has 0 aromatic heterocycles. The number of hydrogen-bond donors (Lipinski definition) is 1. The minimum Gasteiger partial charge on any atom is -0.282 e. The maximum absolute atomic E-state index is 11.9. The molecule has 0 heterocycles. The first kappa shape index (κ1) is 19.9. The van der Waals surface area contributed by atoms with Crippen LogP contribution in [0.2, 0.25) is 0 Å². The van der Waals surface area contributed by atoms with Gasteiger partial charge in [-0.1, -0.05) is 72.1 Å². The molecule has 2 unspecified atom stereocenters. The predicted octanol–water partition coefficient (Wildman–Crippen LogP) is 5.34. The van der Waals surface area contributed by atoms with Crippen molar-refractivity contribution in [3.8, 4) is 0 Å². The third kappa shape index (κ3) is 5.03. The normalized spacial score (nSPS) is 19.1. The second kappa shape index (κ2) is 9.31. The minimum absolute atomic E-state index is 0.150. The Bertz CT molecular complexity index is 609. The first-order valence-electron chi connectivity index (χ1n) is 9.33. The molecule has 0 spiro atoms. The van der Waals surface area contributed by atoms with E-state index < -0.39 is 18.0 Å². The first-order valence-corrected chi connectivity index (χ1v) is 12.3. The van der Waals surface area contributed by atoms with Crippen molar-refractivity contribution in [1.82, 2.24) is 0 Å². The van der Waals surface area contributed by atoms with Gasteiger partial charge in [-0.15, -0.1) is 0 Å². The third-order valence-corrected chi connectivity index (χ3v) is 9.87. The summed E-state index contributed by atoms with van der Waals surface area (Å²) in [4.78, 5) is 0.150. The number of rotatable bonds is 8. The summed E-state index contributed by atoms with van der Waals surface area (Å²) in [7, 11) is -4.74. The van der Waals surface area contributed by atoms with Crippen LogP contribution in [-0.2, 0) is 10.1 Å². The predicted molar refractivity (Wildman–Crippen MR) is 103 cm³/mol. The molecular formula is C19H31O3PS. The summed E-state index contributed by atoms with van der Waals surface area (Å²) in [5.74, 6) is 0. The van der Waals surface area contributed by atoms with Gasteiger partial charge in [-0.05, 0) is 48.4 Å². The largest absolute Gasteiger partial charge is 0.295 e. The van der Waals surface area contributed by atoms with Crippen molar-refractivity contribution in [2.75, 3.05) is 0 Å². The van der Waals surface area contributed by atoms with E-state index in [-0.39, 0.29) is 4.90 Å². The maximum atomic E-state index is 11.9. The van der Waals surface area contributed by atoms with Crippen molar-refractivity contribution in [3.63, 3.8) is 0 Å². The van der Waals surface area contributed by atoms with Crippen LogP contribution in [0.4, 0.5) is 0 Å². The van der Waals surface area contributed by atoms with Gasteiger partial charge in [0.15, 0.2) is 0 Å². The summed E-state index contributed by atoms with van der Waals surface area (Å²) in [6, 6.07) is 7.18. The highest BCUT2D eigenvalue weighted by Gasteiger charge is 2.33. The Morgan fingerprint density at radius 1 is 1.17 bits per heavy atom. The molecule has 1 aromatic rings. The van der Waals surface area contributed by atoms with Crippen LogP contribution in [0.5, 0.6) is 0 Å². The molecule has 24 heavy (non-hydrogen) atoms. The molecule has 3 nitrogen and oxygen atoms in total. The van der Waals surface area contributed by atoms with Crippen molar-refractivity contribution < 1.29 is 13.0 Å². The van der Waals surface area contributed by atoms with Gasteiger partial charge in [0.1, 0.15) is 4.90 Å². The van der Waals surface area contributed by atoms with Crippen LogP contribution in [0.15, 0.2) is 29.2 Å². The lowest BCUT2D eigenvalue weighted by molar-refractivity contribution is 0.483. The molecule has 0 bridgehead atoms. The fraction of sp³-hybridized carbons (Fsp3) is 0.684. The fourth-order valence-corrected chi connectivity index (χ4v) is 8.91. The number of unbranched alkanes of at least 4 members (excludes halogenated alkanes) is 1. The highest BCUT2D eigenvalue weighted by molar-refractivity contribution is 7.86. The molecule has 1 aromatic carbocycles.